The minimum Gasteiger partial charge on any atom is -0.303 e. The van der Waals surface area contributed by atoms with Gasteiger partial charge in [0.1, 0.15) is 5.67 Å². The van der Waals surface area contributed by atoms with Crippen molar-refractivity contribution in [2.75, 3.05) is 20.1 Å². The minimum absolute atomic E-state index is 0.277. The third-order valence-corrected chi connectivity index (χ3v) is 2.78. The molecule has 1 fully saturated rings. The van der Waals surface area contributed by atoms with Crippen LogP contribution in [0.4, 0.5) is 4.39 Å². The molecule has 0 aromatic rings. The van der Waals surface area contributed by atoms with Crippen LogP contribution in [0.25, 0.3) is 0 Å². The van der Waals surface area contributed by atoms with Crippen LogP contribution in [-0.2, 0) is 0 Å². The molecule has 0 N–H and O–H groups in total. The Hall–Kier alpha value is -0.110. The van der Waals surface area contributed by atoms with Crippen LogP contribution < -0.4 is 0 Å². The molecule has 0 radical (unpaired) electrons. The van der Waals surface area contributed by atoms with Gasteiger partial charge in [0.25, 0.3) is 0 Å². The monoisotopic (exact) mass is 159 g/mol. The molecule has 1 saturated heterocycles. The smallest absolute Gasteiger partial charge is 0.123 e. The Morgan fingerprint density at radius 3 is 2.73 bits per heavy atom. The van der Waals surface area contributed by atoms with Crippen LogP contribution in [0.5, 0.6) is 0 Å². The van der Waals surface area contributed by atoms with Gasteiger partial charge in [0.2, 0.25) is 0 Å². The van der Waals surface area contributed by atoms with Crippen LogP contribution in [0.1, 0.15) is 26.7 Å². The summed E-state index contributed by atoms with van der Waals surface area (Å²) in [6.07, 6.45) is 1.99. The van der Waals surface area contributed by atoms with Crippen molar-refractivity contribution in [3.63, 3.8) is 0 Å². The molecule has 1 nitrogen and oxygen atoms in total. The Morgan fingerprint density at radius 2 is 2.27 bits per heavy atom. The molecule has 0 saturated carbocycles. The van der Waals surface area contributed by atoms with E-state index in [0.717, 1.165) is 19.4 Å². The van der Waals surface area contributed by atoms with Gasteiger partial charge in [-0.25, -0.2) is 4.39 Å². The van der Waals surface area contributed by atoms with Crippen molar-refractivity contribution >= 4 is 0 Å². The second kappa shape index (κ2) is 3.10. The van der Waals surface area contributed by atoms with Gasteiger partial charge < -0.3 is 4.90 Å². The molecule has 0 aromatic heterocycles. The number of piperidine rings is 1. The summed E-state index contributed by atoms with van der Waals surface area (Å²) in [6.45, 7) is 5.47. The van der Waals surface area contributed by atoms with Crippen molar-refractivity contribution < 1.29 is 4.39 Å². The third kappa shape index (κ3) is 1.92. The Labute approximate surface area is 68.6 Å². The van der Waals surface area contributed by atoms with Crippen molar-refractivity contribution in [1.82, 2.24) is 4.90 Å². The number of likely N-dealkylation sites (tertiary alicyclic amines) is 1. The molecule has 2 atom stereocenters. The zero-order valence-corrected chi connectivity index (χ0v) is 7.73. The quantitative estimate of drug-likeness (QED) is 0.566. The minimum atomic E-state index is -0.957. The SMILES string of the molecule is CCC1CCN(C)CC1(C)F. The summed E-state index contributed by atoms with van der Waals surface area (Å²) in [6, 6.07) is 0. The lowest BCUT2D eigenvalue weighted by Gasteiger charge is -2.39. The maximum absolute atomic E-state index is 13.7. The Balaban J connectivity index is 2.56. The first-order valence-electron chi connectivity index (χ1n) is 4.43. The number of halogens is 1. The number of nitrogens with zero attached hydrogens (tertiary/aromatic N) is 1. The molecule has 11 heavy (non-hydrogen) atoms. The summed E-state index contributed by atoms with van der Waals surface area (Å²) in [5, 5.41) is 0. The summed E-state index contributed by atoms with van der Waals surface area (Å²) in [4.78, 5) is 2.08. The maximum Gasteiger partial charge on any atom is 0.123 e. The summed E-state index contributed by atoms with van der Waals surface area (Å²) in [5.41, 5.74) is -0.957. The van der Waals surface area contributed by atoms with Crippen molar-refractivity contribution in [3.8, 4) is 0 Å². The van der Waals surface area contributed by atoms with E-state index >= 15 is 0 Å². The molecule has 0 aromatic carbocycles. The van der Waals surface area contributed by atoms with E-state index in [0.29, 0.717) is 6.54 Å². The Bertz CT molecular complexity index is 134. The maximum atomic E-state index is 13.7. The molecule has 2 heteroatoms. The van der Waals surface area contributed by atoms with Gasteiger partial charge in [-0.05, 0) is 32.9 Å². The van der Waals surface area contributed by atoms with E-state index in [1.165, 1.54) is 0 Å². The van der Waals surface area contributed by atoms with Crippen LogP contribution in [0.15, 0.2) is 0 Å². The molecule has 1 aliphatic heterocycles. The number of hydrogen-bond donors (Lipinski definition) is 0. The average molecular weight is 159 g/mol. The highest BCUT2D eigenvalue weighted by Gasteiger charge is 2.37. The van der Waals surface area contributed by atoms with Gasteiger partial charge in [-0.1, -0.05) is 13.3 Å². The Kier molecular flexibility index (Phi) is 2.53. The van der Waals surface area contributed by atoms with Crippen molar-refractivity contribution in [3.05, 3.63) is 0 Å². The van der Waals surface area contributed by atoms with Crippen LogP contribution in [0.3, 0.4) is 0 Å². The van der Waals surface area contributed by atoms with E-state index in [2.05, 4.69) is 11.8 Å². The fourth-order valence-electron chi connectivity index (χ4n) is 2.04. The molecule has 1 heterocycles. The normalized spacial score (nSPS) is 40.9. The first-order valence-corrected chi connectivity index (χ1v) is 4.43. The summed E-state index contributed by atoms with van der Waals surface area (Å²) < 4.78 is 13.7. The molecule has 2 unspecified atom stereocenters. The van der Waals surface area contributed by atoms with Crippen LogP contribution in [0, 0.1) is 5.92 Å². The van der Waals surface area contributed by atoms with Crippen molar-refractivity contribution in [1.29, 1.82) is 0 Å². The van der Waals surface area contributed by atoms with E-state index in [4.69, 9.17) is 0 Å². The third-order valence-electron chi connectivity index (χ3n) is 2.78. The highest BCUT2D eigenvalue weighted by molar-refractivity contribution is 4.88. The lowest BCUT2D eigenvalue weighted by molar-refractivity contribution is 0.0145. The van der Waals surface area contributed by atoms with Gasteiger partial charge in [0.05, 0.1) is 0 Å². The van der Waals surface area contributed by atoms with Crippen molar-refractivity contribution in [2.45, 2.75) is 32.4 Å². The van der Waals surface area contributed by atoms with E-state index < -0.39 is 5.67 Å². The van der Waals surface area contributed by atoms with Crippen LogP contribution in [0.2, 0.25) is 0 Å². The first-order chi connectivity index (χ1) is 5.06. The van der Waals surface area contributed by atoms with Gasteiger partial charge in [-0.2, -0.15) is 0 Å². The fourth-order valence-corrected chi connectivity index (χ4v) is 2.04. The zero-order valence-electron chi connectivity index (χ0n) is 7.73. The molecule has 1 aliphatic rings. The summed E-state index contributed by atoms with van der Waals surface area (Å²) in [7, 11) is 1.99. The molecule has 0 aliphatic carbocycles. The summed E-state index contributed by atoms with van der Waals surface area (Å²) in [5.74, 6) is 0.277. The highest BCUT2D eigenvalue weighted by atomic mass is 19.1. The predicted molar refractivity (Wildman–Crippen MR) is 45.4 cm³/mol. The van der Waals surface area contributed by atoms with E-state index in [-0.39, 0.29) is 5.92 Å². The van der Waals surface area contributed by atoms with Crippen LogP contribution in [-0.4, -0.2) is 30.7 Å². The molecular formula is C9H18FN. The number of hydrogen-bond acceptors (Lipinski definition) is 1. The van der Waals surface area contributed by atoms with Gasteiger partial charge in [-0.15, -0.1) is 0 Å². The fraction of sp³-hybridized carbons (Fsp3) is 1.00. The largest absolute Gasteiger partial charge is 0.303 e. The molecular weight excluding hydrogens is 141 g/mol. The predicted octanol–water partition coefficient (Wildman–Crippen LogP) is 2.08. The van der Waals surface area contributed by atoms with E-state index in [1.807, 2.05) is 7.05 Å². The zero-order chi connectivity index (χ0) is 8.48. The second-order valence-corrected chi connectivity index (χ2v) is 3.91. The standard InChI is InChI=1S/C9H18FN/c1-4-8-5-6-11(3)7-9(8,2)10/h8H,4-7H2,1-3H3. The number of rotatable bonds is 1. The molecule has 0 spiro atoms. The van der Waals surface area contributed by atoms with Gasteiger partial charge >= 0.3 is 0 Å². The molecule has 66 valence electrons. The van der Waals surface area contributed by atoms with E-state index in [9.17, 15) is 4.39 Å². The lowest BCUT2D eigenvalue weighted by Crippen LogP contribution is -2.47. The lowest BCUT2D eigenvalue weighted by atomic mass is 9.83. The van der Waals surface area contributed by atoms with Gasteiger partial charge in [0, 0.05) is 6.54 Å². The van der Waals surface area contributed by atoms with E-state index in [1.54, 1.807) is 6.92 Å². The first kappa shape index (κ1) is 8.98. The second-order valence-electron chi connectivity index (χ2n) is 3.91. The topological polar surface area (TPSA) is 3.24 Å². The summed E-state index contributed by atoms with van der Waals surface area (Å²) >= 11 is 0. The van der Waals surface area contributed by atoms with Gasteiger partial charge in [-0.3, -0.25) is 0 Å². The number of alkyl halides is 1. The highest BCUT2D eigenvalue weighted by Crippen LogP contribution is 2.32. The van der Waals surface area contributed by atoms with Crippen molar-refractivity contribution in [2.24, 2.45) is 5.92 Å². The average Bonchev–Trinajstić information content (AvgIpc) is 1.85. The molecule has 0 amide bonds. The van der Waals surface area contributed by atoms with Gasteiger partial charge in [0.15, 0.2) is 0 Å². The van der Waals surface area contributed by atoms with Crippen LogP contribution >= 0.6 is 0 Å². The molecule has 0 bridgehead atoms. The Morgan fingerprint density at radius 1 is 1.64 bits per heavy atom. The molecule has 1 rings (SSSR count).